The lowest BCUT2D eigenvalue weighted by atomic mass is 10.1. The van der Waals surface area contributed by atoms with Gasteiger partial charge in [-0.1, -0.05) is 12.1 Å². The molecule has 0 bridgehead atoms. The van der Waals surface area contributed by atoms with Gasteiger partial charge in [0.05, 0.1) is 12.0 Å². The van der Waals surface area contributed by atoms with Gasteiger partial charge in [-0.05, 0) is 65.9 Å². The SMILES string of the molecule is COc1ccc2c(Oc3ccc(/C=C/C(=O)O)cc3)c(C(=O)c3sccc3C)sc2c1. The molecule has 31 heavy (non-hydrogen) atoms. The molecule has 5 nitrogen and oxygen atoms in total. The Kier molecular flexibility index (Phi) is 5.88. The number of carbonyl (C=O) groups is 2. The lowest BCUT2D eigenvalue weighted by Crippen LogP contribution is -2.00. The smallest absolute Gasteiger partial charge is 0.328 e. The van der Waals surface area contributed by atoms with Crippen LogP contribution >= 0.6 is 22.7 Å². The van der Waals surface area contributed by atoms with E-state index in [9.17, 15) is 9.59 Å². The van der Waals surface area contributed by atoms with Gasteiger partial charge in [0.1, 0.15) is 16.4 Å². The Labute approximate surface area is 186 Å². The van der Waals surface area contributed by atoms with E-state index in [4.69, 9.17) is 14.6 Å². The zero-order valence-electron chi connectivity index (χ0n) is 16.7. The summed E-state index contributed by atoms with van der Waals surface area (Å²) in [6.07, 6.45) is 2.59. The maximum atomic E-state index is 13.3. The third-order valence-electron chi connectivity index (χ3n) is 4.64. The first-order chi connectivity index (χ1) is 15.0. The van der Waals surface area contributed by atoms with Crippen LogP contribution in [-0.2, 0) is 4.79 Å². The third-order valence-corrected chi connectivity index (χ3v) is 6.79. The monoisotopic (exact) mass is 450 g/mol. The molecule has 2 aromatic carbocycles. The summed E-state index contributed by atoms with van der Waals surface area (Å²) in [4.78, 5) is 25.2. The number of methoxy groups -OCH3 is 1. The molecule has 156 valence electrons. The lowest BCUT2D eigenvalue weighted by molar-refractivity contribution is -0.131. The van der Waals surface area contributed by atoms with Gasteiger partial charge in [-0.3, -0.25) is 4.79 Å². The van der Waals surface area contributed by atoms with E-state index in [0.717, 1.165) is 27.3 Å². The maximum Gasteiger partial charge on any atom is 0.328 e. The first-order valence-electron chi connectivity index (χ1n) is 9.34. The molecule has 0 aliphatic heterocycles. The summed E-state index contributed by atoms with van der Waals surface area (Å²) < 4.78 is 12.4. The van der Waals surface area contributed by atoms with Crippen molar-refractivity contribution < 1.29 is 24.2 Å². The molecule has 7 heteroatoms. The molecule has 2 aromatic heterocycles. The summed E-state index contributed by atoms with van der Waals surface area (Å²) in [5.74, 6) is 0.701. The van der Waals surface area contributed by atoms with Crippen molar-refractivity contribution in [3.05, 3.63) is 80.9 Å². The Morgan fingerprint density at radius 1 is 1.00 bits per heavy atom. The Morgan fingerprint density at radius 3 is 2.39 bits per heavy atom. The molecular weight excluding hydrogens is 432 g/mol. The Bertz CT molecular complexity index is 1300. The van der Waals surface area contributed by atoms with Gasteiger partial charge in [-0.25, -0.2) is 4.79 Å². The number of aryl methyl sites for hydroxylation is 1. The van der Waals surface area contributed by atoms with Crippen molar-refractivity contribution >= 4 is 50.6 Å². The minimum atomic E-state index is -1.01. The summed E-state index contributed by atoms with van der Waals surface area (Å²) in [6.45, 7) is 1.92. The summed E-state index contributed by atoms with van der Waals surface area (Å²) in [5, 5.41) is 11.5. The molecule has 0 amide bonds. The van der Waals surface area contributed by atoms with Crippen LogP contribution in [0.1, 0.15) is 25.7 Å². The van der Waals surface area contributed by atoms with Crippen molar-refractivity contribution in [2.24, 2.45) is 0 Å². The second-order valence-corrected chi connectivity index (χ2v) is 8.70. The molecule has 0 aliphatic rings. The van der Waals surface area contributed by atoms with Crippen molar-refractivity contribution in [1.82, 2.24) is 0 Å². The molecule has 0 radical (unpaired) electrons. The van der Waals surface area contributed by atoms with E-state index in [-0.39, 0.29) is 5.78 Å². The van der Waals surface area contributed by atoms with Crippen molar-refractivity contribution in [1.29, 1.82) is 0 Å². The van der Waals surface area contributed by atoms with Gasteiger partial charge in [0, 0.05) is 16.2 Å². The fourth-order valence-corrected chi connectivity index (χ4v) is 5.11. The Morgan fingerprint density at radius 2 is 1.74 bits per heavy atom. The number of rotatable bonds is 7. The highest BCUT2D eigenvalue weighted by molar-refractivity contribution is 7.22. The predicted octanol–water partition coefficient (Wildman–Crippen LogP) is 6.40. The van der Waals surface area contributed by atoms with E-state index < -0.39 is 5.97 Å². The molecule has 0 aliphatic carbocycles. The van der Waals surface area contributed by atoms with Crippen LogP contribution in [-0.4, -0.2) is 24.0 Å². The Balaban J connectivity index is 1.75. The Hall–Kier alpha value is -3.42. The van der Waals surface area contributed by atoms with Crippen molar-refractivity contribution in [2.45, 2.75) is 6.92 Å². The summed E-state index contributed by atoms with van der Waals surface area (Å²) in [5.41, 5.74) is 1.67. The molecule has 0 atom stereocenters. The summed E-state index contributed by atoms with van der Waals surface area (Å²) in [7, 11) is 1.60. The highest BCUT2D eigenvalue weighted by Crippen LogP contribution is 2.43. The lowest BCUT2D eigenvalue weighted by Gasteiger charge is -2.08. The number of carbonyl (C=O) groups excluding carboxylic acids is 1. The van der Waals surface area contributed by atoms with E-state index in [0.29, 0.717) is 27.0 Å². The second-order valence-electron chi connectivity index (χ2n) is 6.73. The van der Waals surface area contributed by atoms with Crippen LogP contribution in [0.5, 0.6) is 17.2 Å². The minimum absolute atomic E-state index is 0.0660. The highest BCUT2D eigenvalue weighted by Gasteiger charge is 2.24. The molecule has 1 N–H and O–H groups in total. The van der Waals surface area contributed by atoms with Gasteiger partial charge < -0.3 is 14.6 Å². The van der Waals surface area contributed by atoms with E-state index >= 15 is 0 Å². The largest absolute Gasteiger partial charge is 0.497 e. The van der Waals surface area contributed by atoms with Gasteiger partial charge in [-0.2, -0.15) is 0 Å². The van der Waals surface area contributed by atoms with Crippen LogP contribution in [0.15, 0.2) is 60.0 Å². The van der Waals surface area contributed by atoms with E-state index in [1.165, 1.54) is 28.7 Å². The van der Waals surface area contributed by atoms with Crippen LogP contribution < -0.4 is 9.47 Å². The maximum absolute atomic E-state index is 13.3. The number of hydrogen-bond donors (Lipinski definition) is 1. The number of thiophene rings is 2. The van der Waals surface area contributed by atoms with Gasteiger partial charge >= 0.3 is 5.97 Å². The average molecular weight is 451 g/mol. The number of carboxylic acids is 1. The first-order valence-corrected chi connectivity index (χ1v) is 11.0. The van der Waals surface area contributed by atoms with Crippen LogP contribution in [0.2, 0.25) is 0 Å². The van der Waals surface area contributed by atoms with Crippen molar-refractivity contribution in [3.8, 4) is 17.2 Å². The molecule has 0 saturated carbocycles. The standard InChI is InChI=1S/C24H18O5S2/c1-14-11-12-30-23(14)21(27)24-22(18-9-8-17(28-2)13-19(18)31-24)29-16-6-3-15(4-7-16)5-10-20(25)26/h3-13H,1-2H3,(H,25,26)/b10-5+. The minimum Gasteiger partial charge on any atom is -0.497 e. The fraction of sp³-hybridized carbons (Fsp3) is 0.0833. The van der Waals surface area contributed by atoms with E-state index in [1.807, 2.05) is 36.6 Å². The second kappa shape index (κ2) is 8.75. The molecule has 0 saturated heterocycles. The number of ether oxygens (including phenoxy) is 2. The summed E-state index contributed by atoms with van der Waals surface area (Å²) >= 11 is 2.79. The molecule has 4 rings (SSSR count). The van der Waals surface area contributed by atoms with Crippen molar-refractivity contribution in [2.75, 3.05) is 7.11 Å². The third kappa shape index (κ3) is 4.38. The van der Waals surface area contributed by atoms with Gasteiger partial charge in [-0.15, -0.1) is 22.7 Å². The van der Waals surface area contributed by atoms with Gasteiger partial charge in [0.25, 0.3) is 0 Å². The molecule has 2 heterocycles. The van der Waals surface area contributed by atoms with Gasteiger partial charge in [0.2, 0.25) is 5.78 Å². The van der Waals surface area contributed by atoms with Crippen LogP contribution in [0.4, 0.5) is 0 Å². The topological polar surface area (TPSA) is 72.8 Å². The van der Waals surface area contributed by atoms with Gasteiger partial charge in [0.15, 0.2) is 5.75 Å². The summed E-state index contributed by atoms with van der Waals surface area (Å²) in [6, 6.07) is 14.6. The first kappa shape index (κ1) is 20.8. The zero-order valence-corrected chi connectivity index (χ0v) is 18.4. The molecule has 4 aromatic rings. The number of carboxylic acid groups (broad SMARTS) is 1. The molecular formula is C24H18O5S2. The van der Waals surface area contributed by atoms with Crippen LogP contribution in [0, 0.1) is 6.92 Å². The number of benzene rings is 2. The van der Waals surface area contributed by atoms with Crippen LogP contribution in [0.3, 0.4) is 0 Å². The predicted molar refractivity (Wildman–Crippen MR) is 124 cm³/mol. The zero-order chi connectivity index (χ0) is 22.0. The van der Waals surface area contributed by atoms with E-state index in [1.54, 1.807) is 31.4 Å². The number of ketones is 1. The quantitative estimate of drug-likeness (QED) is 0.260. The number of hydrogen-bond acceptors (Lipinski definition) is 6. The van der Waals surface area contributed by atoms with E-state index in [2.05, 4.69) is 0 Å². The normalized spacial score (nSPS) is 11.2. The van der Waals surface area contributed by atoms with Crippen molar-refractivity contribution in [3.63, 3.8) is 0 Å². The van der Waals surface area contributed by atoms with Crippen LogP contribution in [0.25, 0.3) is 16.2 Å². The number of aliphatic carboxylic acids is 1. The molecule has 0 unspecified atom stereocenters. The average Bonchev–Trinajstić information content (AvgIpc) is 3.36. The molecule has 0 spiro atoms. The molecule has 0 fully saturated rings. The fourth-order valence-electron chi connectivity index (χ4n) is 3.07. The highest BCUT2D eigenvalue weighted by atomic mass is 32.1. The number of fused-ring (bicyclic) bond motifs is 1.